The standard InChI is InChI=1S/C21H24F3N5O.C2H6/c1-2-28-10-8-15(9-11-28)13-25-19-6-7-20-26-14-18(29(20)27-19)16-4-3-5-17(12-16)30-21(22,23)24;1-2/h3-7,12,14-15H,2,8-11,13H2,1H3,(H,25,27);1-2H3. The number of alkyl halides is 3. The molecule has 0 bridgehead atoms. The number of aromatic nitrogens is 3. The molecule has 1 N–H and O–H groups in total. The Morgan fingerprint density at radius 1 is 1.12 bits per heavy atom. The summed E-state index contributed by atoms with van der Waals surface area (Å²) in [7, 11) is 0. The number of benzene rings is 1. The fraction of sp³-hybridized carbons (Fsp3) is 0.478. The molecule has 32 heavy (non-hydrogen) atoms. The molecule has 9 heteroatoms. The van der Waals surface area contributed by atoms with Crippen molar-refractivity contribution >= 4 is 11.5 Å². The molecule has 0 spiro atoms. The van der Waals surface area contributed by atoms with Gasteiger partial charge in [0.1, 0.15) is 11.6 Å². The topological polar surface area (TPSA) is 54.7 Å². The average Bonchev–Trinajstić information content (AvgIpc) is 3.22. The molecule has 0 amide bonds. The minimum absolute atomic E-state index is 0.275. The summed E-state index contributed by atoms with van der Waals surface area (Å²) < 4.78 is 43.3. The first-order chi connectivity index (χ1) is 15.4. The van der Waals surface area contributed by atoms with Gasteiger partial charge >= 0.3 is 6.36 Å². The number of imidazole rings is 1. The molecule has 1 aromatic carbocycles. The lowest BCUT2D eigenvalue weighted by molar-refractivity contribution is -0.274. The van der Waals surface area contributed by atoms with Crippen LogP contribution in [0.5, 0.6) is 5.75 Å². The third kappa shape index (κ3) is 6.12. The van der Waals surface area contributed by atoms with E-state index in [-0.39, 0.29) is 5.75 Å². The predicted molar refractivity (Wildman–Crippen MR) is 120 cm³/mol. The Morgan fingerprint density at radius 2 is 1.88 bits per heavy atom. The highest BCUT2D eigenvalue weighted by Crippen LogP contribution is 2.28. The van der Waals surface area contributed by atoms with Gasteiger partial charge in [0.25, 0.3) is 0 Å². The minimum Gasteiger partial charge on any atom is -0.406 e. The number of rotatable bonds is 6. The Bertz CT molecular complexity index is 997. The van der Waals surface area contributed by atoms with Crippen molar-refractivity contribution in [1.82, 2.24) is 19.5 Å². The predicted octanol–water partition coefficient (Wildman–Crippen LogP) is 5.46. The first-order valence-electron chi connectivity index (χ1n) is 11.1. The van der Waals surface area contributed by atoms with Gasteiger partial charge in [-0.05, 0) is 62.7 Å². The van der Waals surface area contributed by atoms with Gasteiger partial charge in [-0.2, -0.15) is 0 Å². The number of hydrogen-bond acceptors (Lipinski definition) is 5. The molecule has 6 nitrogen and oxygen atoms in total. The van der Waals surface area contributed by atoms with Gasteiger partial charge in [-0.15, -0.1) is 18.3 Å². The van der Waals surface area contributed by atoms with Gasteiger partial charge < -0.3 is 15.0 Å². The maximum Gasteiger partial charge on any atom is 0.573 e. The second kappa shape index (κ2) is 10.7. The normalized spacial score (nSPS) is 15.3. The fourth-order valence-electron chi connectivity index (χ4n) is 3.77. The van der Waals surface area contributed by atoms with Gasteiger partial charge in [-0.3, -0.25) is 0 Å². The zero-order chi connectivity index (χ0) is 23.1. The molecule has 0 atom stereocenters. The Balaban J connectivity index is 0.00000141. The van der Waals surface area contributed by atoms with Gasteiger partial charge in [0.15, 0.2) is 5.65 Å². The molecule has 4 rings (SSSR count). The maximum atomic E-state index is 12.5. The second-order valence-corrected chi connectivity index (χ2v) is 7.47. The third-order valence-electron chi connectivity index (χ3n) is 5.45. The number of fused-ring (bicyclic) bond motifs is 1. The van der Waals surface area contributed by atoms with Crippen LogP contribution in [0, 0.1) is 5.92 Å². The fourth-order valence-corrected chi connectivity index (χ4v) is 3.77. The zero-order valence-electron chi connectivity index (χ0n) is 18.7. The summed E-state index contributed by atoms with van der Waals surface area (Å²) in [6.07, 6.45) is -0.823. The Labute approximate surface area is 186 Å². The van der Waals surface area contributed by atoms with Crippen molar-refractivity contribution in [3.05, 3.63) is 42.6 Å². The highest BCUT2D eigenvalue weighted by Gasteiger charge is 2.31. The maximum absolute atomic E-state index is 12.5. The van der Waals surface area contributed by atoms with E-state index in [1.165, 1.54) is 18.2 Å². The van der Waals surface area contributed by atoms with Crippen LogP contribution in [0.1, 0.15) is 33.6 Å². The largest absolute Gasteiger partial charge is 0.573 e. The zero-order valence-corrected chi connectivity index (χ0v) is 18.7. The summed E-state index contributed by atoms with van der Waals surface area (Å²) in [6.45, 7) is 10.4. The van der Waals surface area contributed by atoms with Crippen LogP contribution in [-0.4, -0.2) is 52.0 Å². The van der Waals surface area contributed by atoms with Crippen molar-refractivity contribution in [1.29, 1.82) is 0 Å². The van der Waals surface area contributed by atoms with Gasteiger partial charge in [0, 0.05) is 12.1 Å². The molecule has 0 unspecified atom stereocenters. The van der Waals surface area contributed by atoms with E-state index >= 15 is 0 Å². The summed E-state index contributed by atoms with van der Waals surface area (Å²) in [5, 5.41) is 8.00. The minimum atomic E-state index is -4.74. The highest BCUT2D eigenvalue weighted by atomic mass is 19.4. The van der Waals surface area contributed by atoms with Crippen LogP contribution in [0.2, 0.25) is 0 Å². The summed E-state index contributed by atoms with van der Waals surface area (Å²) in [4.78, 5) is 6.77. The molecule has 3 aromatic rings. The molecule has 1 aliphatic rings. The van der Waals surface area contributed by atoms with E-state index in [1.54, 1.807) is 16.8 Å². The number of piperidine rings is 1. The summed E-state index contributed by atoms with van der Waals surface area (Å²) in [6, 6.07) is 9.53. The Kier molecular flexibility index (Phi) is 7.95. The first kappa shape index (κ1) is 23.8. The van der Waals surface area contributed by atoms with Crippen molar-refractivity contribution in [2.75, 3.05) is 31.5 Å². The Hall–Kier alpha value is -2.81. The van der Waals surface area contributed by atoms with Crippen LogP contribution in [-0.2, 0) is 0 Å². The molecule has 0 aliphatic carbocycles. The number of likely N-dealkylation sites (tertiary alicyclic amines) is 1. The smallest absolute Gasteiger partial charge is 0.406 e. The number of anilines is 1. The van der Waals surface area contributed by atoms with E-state index < -0.39 is 6.36 Å². The number of ether oxygens (including phenoxy) is 1. The lowest BCUT2D eigenvalue weighted by atomic mass is 9.97. The van der Waals surface area contributed by atoms with Crippen molar-refractivity contribution in [3.63, 3.8) is 0 Å². The first-order valence-corrected chi connectivity index (χ1v) is 11.1. The molecule has 0 saturated carbocycles. The number of halogens is 3. The summed E-state index contributed by atoms with van der Waals surface area (Å²) >= 11 is 0. The number of nitrogens with zero attached hydrogens (tertiary/aromatic N) is 4. The van der Waals surface area contributed by atoms with E-state index in [2.05, 4.69) is 32.0 Å². The second-order valence-electron chi connectivity index (χ2n) is 7.47. The SMILES string of the molecule is CC.CCN1CCC(CNc2ccc3ncc(-c4cccc(OC(F)(F)F)c4)n3n2)CC1. The van der Waals surface area contributed by atoms with Gasteiger partial charge in [-0.25, -0.2) is 9.50 Å². The number of hydrogen-bond donors (Lipinski definition) is 1. The van der Waals surface area contributed by atoms with Crippen molar-refractivity contribution in [3.8, 4) is 17.0 Å². The lowest BCUT2D eigenvalue weighted by Gasteiger charge is -2.31. The van der Waals surface area contributed by atoms with E-state index in [4.69, 9.17) is 0 Å². The highest BCUT2D eigenvalue weighted by molar-refractivity contribution is 5.65. The summed E-state index contributed by atoms with van der Waals surface area (Å²) in [5.41, 5.74) is 1.76. The lowest BCUT2D eigenvalue weighted by Crippen LogP contribution is -2.35. The van der Waals surface area contributed by atoms with Gasteiger partial charge in [0.2, 0.25) is 0 Å². The molecule has 174 valence electrons. The van der Waals surface area contributed by atoms with Crippen molar-refractivity contribution in [2.24, 2.45) is 5.92 Å². The average molecular weight is 450 g/mol. The van der Waals surface area contributed by atoms with Crippen LogP contribution < -0.4 is 10.1 Å². The van der Waals surface area contributed by atoms with Crippen LogP contribution in [0.15, 0.2) is 42.6 Å². The van der Waals surface area contributed by atoms with E-state index in [0.29, 0.717) is 28.6 Å². The summed E-state index contributed by atoms with van der Waals surface area (Å²) in [5.74, 6) is 1.04. The van der Waals surface area contributed by atoms with Gasteiger partial charge in [0.05, 0.1) is 11.9 Å². The molecule has 0 radical (unpaired) electrons. The quantitative estimate of drug-likeness (QED) is 0.541. The molecule has 1 saturated heterocycles. The third-order valence-corrected chi connectivity index (χ3v) is 5.45. The molecule has 1 aliphatic heterocycles. The van der Waals surface area contributed by atoms with E-state index in [9.17, 15) is 13.2 Å². The number of nitrogens with one attached hydrogen (secondary N) is 1. The van der Waals surface area contributed by atoms with Crippen molar-refractivity contribution < 1.29 is 17.9 Å². The van der Waals surface area contributed by atoms with Crippen molar-refractivity contribution in [2.45, 2.75) is 40.0 Å². The molecular weight excluding hydrogens is 419 g/mol. The molecule has 2 aromatic heterocycles. The van der Waals surface area contributed by atoms with Crippen LogP contribution in [0.4, 0.5) is 19.0 Å². The van der Waals surface area contributed by atoms with E-state index in [0.717, 1.165) is 39.0 Å². The molecule has 3 heterocycles. The van der Waals surface area contributed by atoms with Crippen LogP contribution in [0.3, 0.4) is 0 Å². The molecular formula is C23H30F3N5O. The Morgan fingerprint density at radius 3 is 2.56 bits per heavy atom. The molecule has 1 fully saturated rings. The monoisotopic (exact) mass is 449 g/mol. The van der Waals surface area contributed by atoms with Crippen LogP contribution >= 0.6 is 0 Å². The van der Waals surface area contributed by atoms with Gasteiger partial charge in [-0.1, -0.05) is 32.9 Å². The van der Waals surface area contributed by atoms with E-state index in [1.807, 2.05) is 26.0 Å². The van der Waals surface area contributed by atoms with Crippen LogP contribution in [0.25, 0.3) is 16.9 Å².